The summed E-state index contributed by atoms with van der Waals surface area (Å²) in [4.78, 5) is 10.7. The summed E-state index contributed by atoms with van der Waals surface area (Å²) in [6, 6.07) is 6.11. The van der Waals surface area contributed by atoms with E-state index in [0.29, 0.717) is 11.6 Å². The van der Waals surface area contributed by atoms with Crippen LogP contribution in [0.5, 0.6) is 0 Å². The van der Waals surface area contributed by atoms with Crippen molar-refractivity contribution in [1.29, 1.82) is 0 Å². The molecule has 1 saturated carbocycles. The maximum Gasteiger partial charge on any atom is 0.272 e. The first-order valence-corrected chi connectivity index (χ1v) is 6.98. The van der Waals surface area contributed by atoms with Gasteiger partial charge < -0.3 is 5.32 Å². The van der Waals surface area contributed by atoms with Crippen LogP contribution in [0.4, 0.5) is 5.69 Å². The number of nitro benzene ring substituents is 1. The van der Waals surface area contributed by atoms with Crippen LogP contribution in [-0.2, 0) is 0 Å². The summed E-state index contributed by atoms with van der Waals surface area (Å²) >= 11 is 0. The average molecular weight is 262 g/mol. The molecule has 0 amide bonds. The van der Waals surface area contributed by atoms with E-state index in [1.165, 1.54) is 19.3 Å². The van der Waals surface area contributed by atoms with Crippen molar-refractivity contribution in [2.75, 3.05) is 0 Å². The van der Waals surface area contributed by atoms with E-state index in [1.807, 2.05) is 12.1 Å². The lowest BCUT2D eigenvalue weighted by molar-refractivity contribution is -0.385. The van der Waals surface area contributed by atoms with Gasteiger partial charge in [-0.15, -0.1) is 0 Å². The molecular formula is C15H22N2O2. The number of hydrogen-bond acceptors (Lipinski definition) is 3. The topological polar surface area (TPSA) is 55.2 Å². The fraction of sp³-hybridized carbons (Fsp3) is 0.600. The Labute approximate surface area is 114 Å². The molecular weight excluding hydrogens is 240 g/mol. The fourth-order valence-corrected chi connectivity index (χ4v) is 2.54. The number of nitrogens with zero attached hydrogens (tertiary/aromatic N) is 1. The van der Waals surface area contributed by atoms with Crippen LogP contribution in [0.3, 0.4) is 0 Å². The zero-order valence-corrected chi connectivity index (χ0v) is 11.8. The Morgan fingerprint density at radius 1 is 1.42 bits per heavy atom. The summed E-state index contributed by atoms with van der Waals surface area (Å²) in [5.74, 6) is 0.891. The van der Waals surface area contributed by atoms with Crippen LogP contribution in [0.15, 0.2) is 18.2 Å². The molecule has 4 nitrogen and oxygen atoms in total. The highest BCUT2D eigenvalue weighted by Gasteiger charge is 2.24. The standard InChI is InChI=1S/C15H22N2O2/c1-10-4-7-14(9-15(10)17(18)19)12(3)16-11(2)8-13-5-6-13/h4,7,9,11-13,16H,5-6,8H2,1-3H3. The number of hydrogen-bond donors (Lipinski definition) is 1. The van der Waals surface area contributed by atoms with E-state index in [4.69, 9.17) is 0 Å². The molecule has 1 aromatic rings. The first kappa shape index (κ1) is 14.0. The van der Waals surface area contributed by atoms with Gasteiger partial charge in [-0.25, -0.2) is 0 Å². The second kappa shape index (κ2) is 5.70. The van der Waals surface area contributed by atoms with E-state index in [-0.39, 0.29) is 16.7 Å². The lowest BCUT2D eigenvalue weighted by Gasteiger charge is -2.20. The molecule has 0 aliphatic heterocycles. The Balaban J connectivity index is 2.03. The molecule has 1 N–H and O–H groups in total. The SMILES string of the molecule is Cc1ccc(C(C)NC(C)CC2CC2)cc1[N+](=O)[O-]. The van der Waals surface area contributed by atoms with Gasteiger partial charge in [-0.2, -0.15) is 0 Å². The summed E-state index contributed by atoms with van der Waals surface area (Å²) in [6.07, 6.45) is 3.92. The Kier molecular flexibility index (Phi) is 4.20. The van der Waals surface area contributed by atoms with Gasteiger partial charge in [0.25, 0.3) is 5.69 Å². The third-order valence-corrected chi connectivity index (χ3v) is 3.85. The predicted molar refractivity (Wildman–Crippen MR) is 76.2 cm³/mol. The first-order valence-electron chi connectivity index (χ1n) is 6.98. The molecule has 0 saturated heterocycles. The van der Waals surface area contributed by atoms with E-state index in [9.17, 15) is 10.1 Å². The molecule has 1 aromatic carbocycles. The van der Waals surface area contributed by atoms with Crippen LogP contribution >= 0.6 is 0 Å². The molecule has 1 aliphatic rings. The molecule has 2 atom stereocenters. The van der Waals surface area contributed by atoms with Gasteiger partial charge in [-0.1, -0.05) is 25.0 Å². The minimum atomic E-state index is -0.306. The molecule has 0 heterocycles. The molecule has 0 radical (unpaired) electrons. The highest BCUT2D eigenvalue weighted by molar-refractivity contribution is 5.43. The fourth-order valence-electron chi connectivity index (χ4n) is 2.54. The predicted octanol–water partition coefficient (Wildman–Crippen LogP) is 3.74. The second-order valence-electron chi connectivity index (χ2n) is 5.77. The summed E-state index contributed by atoms with van der Waals surface area (Å²) in [7, 11) is 0. The lowest BCUT2D eigenvalue weighted by atomic mass is 10.0. The smallest absolute Gasteiger partial charge is 0.272 e. The Hall–Kier alpha value is -1.42. The van der Waals surface area contributed by atoms with Gasteiger partial charge in [-0.05, 0) is 38.7 Å². The van der Waals surface area contributed by atoms with Gasteiger partial charge in [0.05, 0.1) is 4.92 Å². The number of rotatable bonds is 6. The van der Waals surface area contributed by atoms with Crippen molar-refractivity contribution in [3.8, 4) is 0 Å². The van der Waals surface area contributed by atoms with Crippen molar-refractivity contribution in [3.05, 3.63) is 39.4 Å². The van der Waals surface area contributed by atoms with Crippen molar-refractivity contribution < 1.29 is 4.92 Å². The highest BCUT2D eigenvalue weighted by atomic mass is 16.6. The highest BCUT2D eigenvalue weighted by Crippen LogP contribution is 2.34. The maximum absolute atomic E-state index is 11.0. The van der Waals surface area contributed by atoms with Crippen LogP contribution in [0, 0.1) is 23.0 Å². The first-order chi connectivity index (χ1) is 8.97. The lowest BCUT2D eigenvalue weighted by Crippen LogP contribution is -2.29. The third-order valence-electron chi connectivity index (χ3n) is 3.85. The largest absolute Gasteiger partial charge is 0.308 e. The van der Waals surface area contributed by atoms with Crippen molar-refractivity contribution in [3.63, 3.8) is 0 Å². The number of nitrogens with one attached hydrogen (secondary N) is 1. The van der Waals surface area contributed by atoms with Crippen molar-refractivity contribution in [2.45, 2.75) is 52.1 Å². The second-order valence-corrected chi connectivity index (χ2v) is 5.77. The summed E-state index contributed by atoms with van der Waals surface area (Å²) < 4.78 is 0. The monoisotopic (exact) mass is 262 g/mol. The van der Waals surface area contributed by atoms with Crippen LogP contribution in [0.1, 0.15) is 50.3 Å². The summed E-state index contributed by atoms with van der Waals surface area (Å²) in [5.41, 5.74) is 1.91. The average Bonchev–Trinajstić information content (AvgIpc) is 3.12. The van der Waals surface area contributed by atoms with Crippen LogP contribution in [0.2, 0.25) is 0 Å². The minimum Gasteiger partial charge on any atom is -0.308 e. The van der Waals surface area contributed by atoms with Gasteiger partial charge >= 0.3 is 0 Å². The normalized spacial score (nSPS) is 18.1. The third kappa shape index (κ3) is 3.77. The van der Waals surface area contributed by atoms with Crippen LogP contribution in [-0.4, -0.2) is 11.0 Å². The molecule has 2 unspecified atom stereocenters. The number of benzene rings is 1. The van der Waals surface area contributed by atoms with Gasteiger partial charge in [0.15, 0.2) is 0 Å². The van der Waals surface area contributed by atoms with Gasteiger partial charge in [0, 0.05) is 23.7 Å². The van der Waals surface area contributed by atoms with Crippen molar-refractivity contribution in [1.82, 2.24) is 5.32 Å². The van der Waals surface area contributed by atoms with E-state index in [2.05, 4.69) is 19.2 Å². The quantitative estimate of drug-likeness (QED) is 0.627. The van der Waals surface area contributed by atoms with E-state index in [1.54, 1.807) is 13.0 Å². The Bertz CT molecular complexity index is 469. The minimum absolute atomic E-state index is 0.146. The van der Waals surface area contributed by atoms with Crippen molar-refractivity contribution in [2.24, 2.45) is 5.92 Å². The summed E-state index contributed by atoms with van der Waals surface area (Å²) in [6.45, 7) is 6.03. The number of nitro groups is 1. The molecule has 0 bridgehead atoms. The summed E-state index contributed by atoms with van der Waals surface area (Å²) in [5, 5.41) is 14.5. The molecule has 1 fully saturated rings. The molecule has 1 aliphatic carbocycles. The van der Waals surface area contributed by atoms with Gasteiger partial charge in [0.1, 0.15) is 0 Å². The molecule has 104 valence electrons. The zero-order valence-electron chi connectivity index (χ0n) is 11.8. The van der Waals surface area contributed by atoms with E-state index >= 15 is 0 Å². The Morgan fingerprint density at radius 3 is 2.68 bits per heavy atom. The van der Waals surface area contributed by atoms with Gasteiger partial charge in [-0.3, -0.25) is 10.1 Å². The maximum atomic E-state index is 11.0. The van der Waals surface area contributed by atoms with Crippen molar-refractivity contribution >= 4 is 5.69 Å². The zero-order chi connectivity index (χ0) is 14.0. The molecule has 0 aromatic heterocycles. The molecule has 0 spiro atoms. The Morgan fingerprint density at radius 2 is 2.11 bits per heavy atom. The molecule has 4 heteroatoms. The van der Waals surface area contributed by atoms with E-state index < -0.39 is 0 Å². The molecule has 2 rings (SSSR count). The van der Waals surface area contributed by atoms with Gasteiger partial charge in [0.2, 0.25) is 0 Å². The number of aryl methyl sites for hydroxylation is 1. The molecule has 19 heavy (non-hydrogen) atoms. The van der Waals surface area contributed by atoms with Crippen LogP contribution in [0.25, 0.3) is 0 Å². The van der Waals surface area contributed by atoms with Crippen LogP contribution < -0.4 is 5.32 Å². The van der Waals surface area contributed by atoms with E-state index in [0.717, 1.165) is 11.5 Å².